The highest BCUT2D eigenvalue weighted by Crippen LogP contribution is 2.32. The van der Waals surface area contributed by atoms with E-state index in [1.165, 1.54) is 0 Å². The summed E-state index contributed by atoms with van der Waals surface area (Å²) in [5.41, 5.74) is -0.337. The molecule has 0 amide bonds. The van der Waals surface area contributed by atoms with Crippen molar-refractivity contribution in [2.75, 3.05) is 0 Å². The average molecular weight is 188 g/mol. The molecule has 1 unspecified atom stereocenters. The second kappa shape index (κ2) is 5.43. The molecule has 0 rings (SSSR count). The number of nitriles is 1. The van der Waals surface area contributed by atoms with Crippen molar-refractivity contribution in [2.45, 2.75) is 51.8 Å². The van der Waals surface area contributed by atoms with E-state index in [1.54, 1.807) is 0 Å². The maximum atomic E-state index is 8.92. The van der Waals surface area contributed by atoms with E-state index >= 15 is 0 Å². The summed E-state index contributed by atoms with van der Waals surface area (Å²) in [6.07, 6.45) is 4.05. The number of nitrogens with zero attached hydrogens (tertiary/aromatic N) is 1. The number of hydrogen-bond acceptors (Lipinski definition) is 1. The van der Waals surface area contributed by atoms with Crippen LogP contribution in [0.3, 0.4) is 0 Å². The molecule has 1 nitrogen and oxygen atoms in total. The summed E-state index contributed by atoms with van der Waals surface area (Å²) in [5, 5.41) is 8.93. The summed E-state index contributed by atoms with van der Waals surface area (Å²) in [6.45, 7) is 6.10. The van der Waals surface area contributed by atoms with Gasteiger partial charge >= 0.3 is 0 Å². The van der Waals surface area contributed by atoms with E-state index in [9.17, 15) is 0 Å². The largest absolute Gasteiger partial charge is 0.198 e. The first-order chi connectivity index (χ1) is 5.60. The molecule has 12 heavy (non-hydrogen) atoms. The van der Waals surface area contributed by atoms with E-state index in [2.05, 4.69) is 13.0 Å². The molecule has 0 spiro atoms. The van der Waals surface area contributed by atoms with Crippen LogP contribution in [0, 0.1) is 16.7 Å². The summed E-state index contributed by atoms with van der Waals surface area (Å²) in [6, 6.07) is 2.30. The highest BCUT2D eigenvalue weighted by Gasteiger charge is 2.30. The van der Waals surface area contributed by atoms with Gasteiger partial charge in [-0.2, -0.15) is 5.26 Å². The minimum atomic E-state index is -0.337. The van der Waals surface area contributed by atoms with Gasteiger partial charge in [-0.3, -0.25) is 0 Å². The van der Waals surface area contributed by atoms with Crippen LogP contribution in [0.15, 0.2) is 0 Å². The molecule has 2 atom stereocenters. The van der Waals surface area contributed by atoms with E-state index in [0.717, 1.165) is 25.7 Å². The highest BCUT2D eigenvalue weighted by atomic mass is 35.5. The first-order valence-corrected chi connectivity index (χ1v) is 5.09. The predicted octanol–water partition coefficient (Wildman–Crippen LogP) is 3.72. The van der Waals surface area contributed by atoms with Crippen LogP contribution in [-0.4, -0.2) is 5.38 Å². The van der Waals surface area contributed by atoms with Gasteiger partial charge in [-0.05, 0) is 19.8 Å². The number of halogens is 1. The molecule has 0 saturated heterocycles. The fourth-order valence-corrected chi connectivity index (χ4v) is 1.43. The van der Waals surface area contributed by atoms with Crippen molar-refractivity contribution in [1.29, 1.82) is 5.26 Å². The zero-order valence-corrected chi connectivity index (χ0v) is 8.99. The molecule has 0 bridgehead atoms. The third-order valence-electron chi connectivity index (χ3n) is 2.49. The topological polar surface area (TPSA) is 23.8 Å². The monoisotopic (exact) mass is 187 g/mol. The van der Waals surface area contributed by atoms with Crippen molar-refractivity contribution < 1.29 is 0 Å². The van der Waals surface area contributed by atoms with Gasteiger partial charge in [0.1, 0.15) is 0 Å². The van der Waals surface area contributed by atoms with Crippen LogP contribution < -0.4 is 0 Å². The Morgan fingerprint density at radius 1 is 1.50 bits per heavy atom. The fourth-order valence-electron chi connectivity index (χ4n) is 1.07. The summed E-state index contributed by atoms with van der Waals surface area (Å²) in [7, 11) is 0. The minimum absolute atomic E-state index is 0.00690. The lowest BCUT2D eigenvalue weighted by molar-refractivity contribution is 0.380. The van der Waals surface area contributed by atoms with E-state index in [1.807, 2.05) is 13.8 Å². The first-order valence-electron chi connectivity index (χ1n) is 4.66. The smallest absolute Gasteiger partial charge is 0.0706 e. The second-order valence-corrected chi connectivity index (χ2v) is 4.02. The molecule has 70 valence electrons. The molecule has 2 heteroatoms. The van der Waals surface area contributed by atoms with Gasteiger partial charge < -0.3 is 0 Å². The van der Waals surface area contributed by atoms with E-state index in [0.29, 0.717) is 0 Å². The zero-order valence-electron chi connectivity index (χ0n) is 8.23. The van der Waals surface area contributed by atoms with Crippen LogP contribution in [0.4, 0.5) is 0 Å². The molecule has 0 aliphatic heterocycles. The summed E-state index contributed by atoms with van der Waals surface area (Å²) >= 11 is 6.14. The number of hydrogen-bond donors (Lipinski definition) is 0. The number of unbranched alkanes of at least 4 members (excludes halogenated alkanes) is 1. The Morgan fingerprint density at radius 3 is 2.42 bits per heavy atom. The van der Waals surface area contributed by atoms with Crippen LogP contribution in [0.25, 0.3) is 0 Å². The Hall–Kier alpha value is -0.220. The lowest BCUT2D eigenvalue weighted by atomic mass is 9.83. The molecule has 0 aromatic heterocycles. The van der Waals surface area contributed by atoms with Crippen molar-refractivity contribution in [3.63, 3.8) is 0 Å². The third-order valence-corrected chi connectivity index (χ3v) is 3.19. The molecule has 0 aliphatic carbocycles. The summed E-state index contributed by atoms with van der Waals surface area (Å²) in [4.78, 5) is 0. The Labute approximate surface area is 80.7 Å². The van der Waals surface area contributed by atoms with Crippen LogP contribution in [0.2, 0.25) is 0 Å². The van der Waals surface area contributed by atoms with Gasteiger partial charge in [0.25, 0.3) is 0 Å². The zero-order chi connectivity index (χ0) is 9.61. The fraction of sp³-hybridized carbons (Fsp3) is 0.900. The van der Waals surface area contributed by atoms with E-state index < -0.39 is 0 Å². The molecule has 0 aliphatic rings. The molecule has 0 aromatic rings. The molecule has 0 saturated carbocycles. The quantitative estimate of drug-likeness (QED) is 0.602. The minimum Gasteiger partial charge on any atom is -0.198 e. The van der Waals surface area contributed by atoms with Gasteiger partial charge in [0.05, 0.1) is 16.9 Å². The summed E-state index contributed by atoms with van der Waals surface area (Å²) in [5.74, 6) is 0. The lowest BCUT2D eigenvalue weighted by Gasteiger charge is -2.25. The standard InChI is InChI=1S/C10H18ClN/c1-4-6-7-9(11)10(3,5-2)8-12/h9H,4-7H2,1-3H3/t9-,10?/m1/s1. The van der Waals surface area contributed by atoms with Gasteiger partial charge in [-0.15, -0.1) is 11.6 Å². The number of alkyl halides is 1. The normalized spacial score (nSPS) is 17.9. The van der Waals surface area contributed by atoms with Crippen molar-refractivity contribution >= 4 is 11.6 Å². The van der Waals surface area contributed by atoms with Crippen LogP contribution in [-0.2, 0) is 0 Å². The Bertz CT molecular complexity index is 162. The maximum Gasteiger partial charge on any atom is 0.0706 e. The van der Waals surface area contributed by atoms with Crippen LogP contribution in [0.1, 0.15) is 46.5 Å². The van der Waals surface area contributed by atoms with Crippen molar-refractivity contribution in [3.8, 4) is 6.07 Å². The van der Waals surface area contributed by atoms with Crippen LogP contribution >= 0.6 is 11.6 Å². The third kappa shape index (κ3) is 3.03. The van der Waals surface area contributed by atoms with Crippen LogP contribution in [0.5, 0.6) is 0 Å². The number of rotatable bonds is 5. The Balaban J connectivity index is 4.05. The van der Waals surface area contributed by atoms with Gasteiger partial charge in [-0.1, -0.05) is 26.7 Å². The summed E-state index contributed by atoms with van der Waals surface area (Å²) < 4.78 is 0. The maximum absolute atomic E-state index is 8.92. The van der Waals surface area contributed by atoms with Gasteiger partial charge in [-0.25, -0.2) is 0 Å². The predicted molar refractivity (Wildman–Crippen MR) is 53.2 cm³/mol. The molecule has 0 fully saturated rings. The molecular formula is C10H18ClN. The molecule has 0 heterocycles. The lowest BCUT2D eigenvalue weighted by Crippen LogP contribution is -2.25. The Morgan fingerprint density at radius 2 is 2.08 bits per heavy atom. The van der Waals surface area contributed by atoms with Gasteiger partial charge in [0.2, 0.25) is 0 Å². The molecular weight excluding hydrogens is 170 g/mol. The Kier molecular flexibility index (Phi) is 5.33. The van der Waals surface area contributed by atoms with Gasteiger partial charge in [0, 0.05) is 0 Å². The second-order valence-electron chi connectivity index (χ2n) is 3.49. The van der Waals surface area contributed by atoms with Gasteiger partial charge in [0.15, 0.2) is 0 Å². The van der Waals surface area contributed by atoms with Crippen molar-refractivity contribution in [1.82, 2.24) is 0 Å². The van der Waals surface area contributed by atoms with E-state index in [-0.39, 0.29) is 10.8 Å². The van der Waals surface area contributed by atoms with Crippen molar-refractivity contribution in [2.24, 2.45) is 5.41 Å². The molecule has 0 radical (unpaired) electrons. The average Bonchev–Trinajstić information content (AvgIpc) is 2.12. The molecule has 0 aromatic carbocycles. The van der Waals surface area contributed by atoms with E-state index in [4.69, 9.17) is 16.9 Å². The van der Waals surface area contributed by atoms with Crippen molar-refractivity contribution in [3.05, 3.63) is 0 Å². The molecule has 0 N–H and O–H groups in total. The first kappa shape index (κ1) is 11.8. The SMILES string of the molecule is CCCC[C@@H](Cl)C(C)(C#N)CC. The highest BCUT2D eigenvalue weighted by molar-refractivity contribution is 6.21.